The Hall–Kier alpha value is -3.40. The number of carbonyl (C=O) groups is 2. The molecule has 15 heteroatoms. The van der Waals surface area contributed by atoms with Crippen LogP contribution in [0.3, 0.4) is 0 Å². The maximum absolute atomic E-state index is 12.2. The minimum atomic E-state index is -4.06. The van der Waals surface area contributed by atoms with Gasteiger partial charge >= 0.3 is 6.16 Å². The highest BCUT2D eigenvalue weighted by atomic mass is 32.2. The van der Waals surface area contributed by atoms with Gasteiger partial charge in [-0.25, -0.2) is 22.9 Å². The first kappa shape index (κ1) is 23.3. The van der Waals surface area contributed by atoms with Gasteiger partial charge in [-0.15, -0.1) is 11.3 Å². The van der Waals surface area contributed by atoms with E-state index in [4.69, 9.17) is 10.5 Å². The van der Waals surface area contributed by atoms with Crippen LogP contribution in [0.1, 0.15) is 16.1 Å². The second-order valence-electron chi connectivity index (χ2n) is 6.35. The number of nitro benzene ring substituents is 1. The number of ether oxygens (including phenoxy) is 2. The molecule has 2 heterocycles. The van der Waals surface area contributed by atoms with Crippen LogP contribution in [-0.4, -0.2) is 53.2 Å². The van der Waals surface area contributed by atoms with Crippen molar-refractivity contribution >= 4 is 43.8 Å². The Bertz CT molecular complexity index is 1240. The lowest BCUT2D eigenvalue weighted by molar-refractivity contribution is -0.384. The summed E-state index contributed by atoms with van der Waals surface area (Å²) in [4.78, 5) is 38.5. The van der Waals surface area contributed by atoms with Crippen LogP contribution in [0.15, 0.2) is 42.2 Å². The smallest absolute Gasteiger partial charge is 0.429 e. The number of ketones is 1. The number of nitro groups is 1. The van der Waals surface area contributed by atoms with Gasteiger partial charge in [0, 0.05) is 23.7 Å². The van der Waals surface area contributed by atoms with Crippen molar-refractivity contribution in [2.24, 2.45) is 5.73 Å². The lowest BCUT2D eigenvalue weighted by atomic mass is 10.2. The Morgan fingerprint density at radius 3 is 2.72 bits per heavy atom. The van der Waals surface area contributed by atoms with E-state index >= 15 is 0 Å². The Kier molecular flexibility index (Phi) is 7.14. The highest BCUT2D eigenvalue weighted by Crippen LogP contribution is 2.16. The SMILES string of the molecule is NC(CS(=O)(=O)NCC(=O)c1ncn2ccsc12)OC(=O)OCc1ccc([N+](=O)[O-])cc1. The predicted octanol–water partition coefficient (Wildman–Crippen LogP) is 1.04. The zero-order valence-corrected chi connectivity index (χ0v) is 17.9. The van der Waals surface area contributed by atoms with Crippen LogP contribution in [0, 0.1) is 10.1 Å². The topological polar surface area (TPSA) is 185 Å². The Balaban J connectivity index is 1.44. The number of nitrogens with zero attached hydrogens (tertiary/aromatic N) is 3. The second kappa shape index (κ2) is 9.82. The number of benzene rings is 1. The number of non-ortho nitro benzene ring substituents is 1. The predicted molar refractivity (Wildman–Crippen MR) is 112 cm³/mol. The Labute approximate surface area is 185 Å². The summed E-state index contributed by atoms with van der Waals surface area (Å²) < 4.78 is 37.5. The molecule has 2 aromatic heterocycles. The molecule has 1 unspecified atom stereocenters. The molecular formula is C17H17N5O8S2. The maximum Gasteiger partial charge on any atom is 0.510 e. The lowest BCUT2D eigenvalue weighted by Crippen LogP contribution is -2.41. The number of nitrogens with one attached hydrogen (secondary N) is 1. The molecule has 0 aliphatic rings. The van der Waals surface area contributed by atoms with Crippen molar-refractivity contribution in [3.8, 4) is 0 Å². The van der Waals surface area contributed by atoms with Gasteiger partial charge in [0.1, 0.15) is 29.2 Å². The molecule has 0 saturated heterocycles. The first-order valence-corrected chi connectivity index (χ1v) is 11.4. The number of rotatable bonds is 10. The van der Waals surface area contributed by atoms with Crippen molar-refractivity contribution in [1.29, 1.82) is 0 Å². The van der Waals surface area contributed by atoms with Crippen LogP contribution in [0.4, 0.5) is 10.5 Å². The van der Waals surface area contributed by atoms with Gasteiger partial charge in [-0.05, 0) is 17.7 Å². The molecule has 13 nitrogen and oxygen atoms in total. The molecule has 170 valence electrons. The largest absolute Gasteiger partial charge is 0.510 e. The third-order valence-electron chi connectivity index (χ3n) is 4.00. The van der Waals surface area contributed by atoms with Crippen molar-refractivity contribution < 1.29 is 32.4 Å². The number of carbonyl (C=O) groups excluding carboxylic acids is 2. The molecule has 0 spiro atoms. The molecular weight excluding hydrogens is 466 g/mol. The third-order valence-corrected chi connectivity index (χ3v) is 6.24. The molecule has 32 heavy (non-hydrogen) atoms. The van der Waals surface area contributed by atoms with Gasteiger partial charge in [0.25, 0.3) is 5.69 Å². The van der Waals surface area contributed by atoms with Gasteiger partial charge in [0.2, 0.25) is 10.0 Å². The number of hydrogen-bond acceptors (Lipinski definition) is 11. The van der Waals surface area contributed by atoms with E-state index in [9.17, 15) is 28.1 Å². The monoisotopic (exact) mass is 483 g/mol. The number of thiazole rings is 1. The van der Waals surface area contributed by atoms with Crippen molar-refractivity contribution in [3.63, 3.8) is 0 Å². The molecule has 1 atom stereocenters. The number of imidazole rings is 1. The standard InChI is InChI=1S/C17H17N5O8S2/c18-14(30-17(24)29-8-11-1-3-12(4-2-11)22(25)26)9-32(27,28)20-7-13(23)15-16-21(10-19-15)5-6-31-16/h1-6,10,14,20H,7-9,18H2. The van der Waals surface area contributed by atoms with E-state index in [1.807, 2.05) is 0 Å². The lowest BCUT2D eigenvalue weighted by Gasteiger charge is -2.13. The van der Waals surface area contributed by atoms with Crippen LogP contribution >= 0.6 is 11.3 Å². The van der Waals surface area contributed by atoms with Crippen LogP contribution in [0.2, 0.25) is 0 Å². The highest BCUT2D eigenvalue weighted by Gasteiger charge is 2.22. The van der Waals surface area contributed by atoms with E-state index in [0.717, 1.165) is 0 Å². The zero-order chi connectivity index (χ0) is 23.3. The number of aromatic nitrogens is 2. The van der Waals surface area contributed by atoms with Gasteiger partial charge in [-0.1, -0.05) is 0 Å². The molecule has 0 aliphatic carbocycles. The number of Topliss-reactive ketones (excluding diaryl/α,β-unsaturated/α-hetero) is 1. The van der Waals surface area contributed by atoms with Crippen molar-refractivity contribution in [2.45, 2.75) is 12.8 Å². The van der Waals surface area contributed by atoms with Crippen molar-refractivity contribution in [1.82, 2.24) is 14.1 Å². The fraction of sp³-hybridized carbons (Fsp3) is 0.235. The third kappa shape index (κ3) is 6.07. The molecule has 0 aliphatic heterocycles. The summed E-state index contributed by atoms with van der Waals surface area (Å²) in [5, 5.41) is 12.4. The Morgan fingerprint density at radius 2 is 2.03 bits per heavy atom. The summed E-state index contributed by atoms with van der Waals surface area (Å²) in [5.41, 5.74) is 5.99. The second-order valence-corrected chi connectivity index (χ2v) is 9.10. The molecule has 1 aromatic carbocycles. The molecule has 0 saturated carbocycles. The van der Waals surface area contributed by atoms with Gasteiger partial charge in [-0.2, -0.15) is 0 Å². The van der Waals surface area contributed by atoms with E-state index in [0.29, 0.717) is 10.4 Å². The molecule has 3 aromatic rings. The summed E-state index contributed by atoms with van der Waals surface area (Å²) in [7, 11) is -4.06. The molecule has 3 rings (SSSR count). The average Bonchev–Trinajstić information content (AvgIpc) is 3.34. The number of hydrogen-bond donors (Lipinski definition) is 2. The summed E-state index contributed by atoms with van der Waals surface area (Å²) in [5.74, 6) is -1.33. The first-order chi connectivity index (χ1) is 15.1. The van der Waals surface area contributed by atoms with E-state index < -0.39 is 45.4 Å². The number of nitrogens with two attached hydrogens (primary N) is 1. The zero-order valence-electron chi connectivity index (χ0n) is 16.2. The number of fused-ring (bicyclic) bond motifs is 1. The molecule has 0 fully saturated rings. The van der Waals surface area contributed by atoms with Crippen molar-refractivity contribution in [2.75, 3.05) is 12.3 Å². The van der Waals surface area contributed by atoms with E-state index in [1.54, 1.807) is 16.0 Å². The van der Waals surface area contributed by atoms with Gasteiger partial charge in [0.15, 0.2) is 12.0 Å². The fourth-order valence-corrected chi connectivity index (χ4v) is 4.30. The summed E-state index contributed by atoms with van der Waals surface area (Å²) in [6.07, 6.45) is 0.383. The molecule has 0 radical (unpaired) electrons. The van der Waals surface area contributed by atoms with Gasteiger partial charge in [-0.3, -0.25) is 25.0 Å². The number of sulfonamides is 1. The van der Waals surface area contributed by atoms with Gasteiger partial charge in [0.05, 0.1) is 11.5 Å². The van der Waals surface area contributed by atoms with Crippen LogP contribution in [-0.2, 0) is 26.1 Å². The average molecular weight is 483 g/mol. The fourth-order valence-electron chi connectivity index (χ4n) is 2.51. The maximum atomic E-state index is 12.2. The van der Waals surface area contributed by atoms with Crippen LogP contribution in [0.5, 0.6) is 0 Å². The summed E-state index contributed by atoms with van der Waals surface area (Å²) in [6, 6.07) is 5.26. The molecule has 0 amide bonds. The Morgan fingerprint density at radius 1 is 1.31 bits per heavy atom. The van der Waals surface area contributed by atoms with Crippen LogP contribution < -0.4 is 10.5 Å². The minimum absolute atomic E-state index is 0.123. The normalized spacial score (nSPS) is 12.4. The van der Waals surface area contributed by atoms with Crippen molar-refractivity contribution in [3.05, 3.63) is 63.5 Å². The van der Waals surface area contributed by atoms with E-state index in [2.05, 4.69) is 14.4 Å². The summed E-state index contributed by atoms with van der Waals surface area (Å²) in [6.45, 7) is -0.797. The van der Waals surface area contributed by atoms with E-state index in [1.165, 1.54) is 41.9 Å². The minimum Gasteiger partial charge on any atom is -0.429 e. The first-order valence-electron chi connectivity index (χ1n) is 8.87. The molecule has 0 bridgehead atoms. The van der Waals surface area contributed by atoms with E-state index in [-0.39, 0.29) is 18.0 Å². The van der Waals surface area contributed by atoms with Gasteiger partial charge < -0.3 is 9.47 Å². The molecule has 3 N–H and O–H groups in total. The highest BCUT2D eigenvalue weighted by molar-refractivity contribution is 7.89. The summed E-state index contributed by atoms with van der Waals surface area (Å²) >= 11 is 1.29. The quantitative estimate of drug-likeness (QED) is 0.139. The van der Waals surface area contributed by atoms with Crippen LogP contribution in [0.25, 0.3) is 4.83 Å².